The van der Waals surface area contributed by atoms with Gasteiger partial charge in [-0.2, -0.15) is 0 Å². The molecule has 3 rings (SSSR count). The minimum absolute atomic E-state index is 0.140. The second kappa shape index (κ2) is 8.54. The molecule has 2 aromatic carbocycles. The molecule has 0 aliphatic carbocycles. The van der Waals surface area contributed by atoms with E-state index in [2.05, 4.69) is 0 Å². The van der Waals surface area contributed by atoms with Crippen molar-refractivity contribution >= 4 is 29.2 Å². The van der Waals surface area contributed by atoms with Crippen LogP contribution in [0.4, 0.5) is 0 Å². The summed E-state index contributed by atoms with van der Waals surface area (Å²) in [6, 6.07) is 13.5. The van der Waals surface area contributed by atoms with Gasteiger partial charge in [0.15, 0.2) is 17.3 Å². The second-order valence-corrected chi connectivity index (χ2v) is 6.81. The molecule has 5 nitrogen and oxygen atoms in total. The number of allylic oxidation sites excluding steroid dienone is 1. The zero-order chi connectivity index (χ0) is 20.1. The first kappa shape index (κ1) is 19.4. The van der Waals surface area contributed by atoms with Crippen molar-refractivity contribution in [3.05, 3.63) is 76.7 Å². The number of thiophene rings is 1. The van der Waals surface area contributed by atoms with Crippen LogP contribution in [0, 0.1) is 0 Å². The average Bonchev–Trinajstić information content (AvgIpc) is 3.26. The van der Waals surface area contributed by atoms with E-state index in [4.69, 9.17) is 14.6 Å². The lowest BCUT2D eigenvalue weighted by molar-refractivity contribution is 0.0696. The minimum atomic E-state index is -1.03. The van der Waals surface area contributed by atoms with E-state index >= 15 is 0 Å². The van der Waals surface area contributed by atoms with Gasteiger partial charge in [0.2, 0.25) is 0 Å². The maximum Gasteiger partial charge on any atom is 0.335 e. The summed E-state index contributed by atoms with van der Waals surface area (Å²) in [5.41, 5.74) is 2.23. The highest BCUT2D eigenvalue weighted by Gasteiger charge is 2.14. The van der Waals surface area contributed by atoms with Crippen molar-refractivity contribution in [2.75, 3.05) is 14.2 Å². The number of hydrogen-bond acceptors (Lipinski definition) is 5. The number of hydrogen-bond donors (Lipinski definition) is 1. The van der Waals surface area contributed by atoms with Crippen molar-refractivity contribution in [3.63, 3.8) is 0 Å². The van der Waals surface area contributed by atoms with Crippen LogP contribution in [0.5, 0.6) is 11.5 Å². The van der Waals surface area contributed by atoms with E-state index in [0.717, 1.165) is 16.0 Å². The van der Waals surface area contributed by atoms with Crippen molar-refractivity contribution in [1.29, 1.82) is 0 Å². The summed E-state index contributed by atoms with van der Waals surface area (Å²) >= 11 is 1.58. The molecule has 0 aliphatic heterocycles. The summed E-state index contributed by atoms with van der Waals surface area (Å²) in [6.07, 6.45) is 3.15. The minimum Gasteiger partial charge on any atom is -0.493 e. The number of carboxylic acid groups (broad SMARTS) is 1. The van der Waals surface area contributed by atoms with Gasteiger partial charge >= 0.3 is 5.97 Å². The van der Waals surface area contributed by atoms with E-state index in [9.17, 15) is 9.59 Å². The van der Waals surface area contributed by atoms with E-state index < -0.39 is 5.97 Å². The van der Waals surface area contributed by atoms with Crippen LogP contribution in [-0.2, 0) is 0 Å². The van der Waals surface area contributed by atoms with Gasteiger partial charge in [-0.1, -0.05) is 24.3 Å². The Labute approximate surface area is 166 Å². The van der Waals surface area contributed by atoms with Gasteiger partial charge in [0, 0.05) is 16.0 Å². The van der Waals surface area contributed by atoms with E-state index in [0.29, 0.717) is 17.1 Å². The molecule has 0 atom stereocenters. The molecule has 1 aromatic heterocycles. The summed E-state index contributed by atoms with van der Waals surface area (Å²) in [7, 11) is 3.16. The largest absolute Gasteiger partial charge is 0.493 e. The fourth-order valence-corrected chi connectivity index (χ4v) is 3.48. The SMILES string of the molecule is COc1cc(/C=C/C(=O)c2ccc(C(=O)O)cc2)cc(-c2cccs2)c1OC. The lowest BCUT2D eigenvalue weighted by Crippen LogP contribution is -1.99. The average molecular weight is 394 g/mol. The van der Waals surface area contributed by atoms with E-state index in [1.165, 1.54) is 30.3 Å². The van der Waals surface area contributed by atoms with Gasteiger partial charge in [0.05, 0.1) is 19.8 Å². The number of rotatable bonds is 7. The van der Waals surface area contributed by atoms with E-state index in [-0.39, 0.29) is 11.3 Å². The molecule has 0 amide bonds. The molecule has 142 valence electrons. The van der Waals surface area contributed by atoms with Crippen LogP contribution in [-0.4, -0.2) is 31.1 Å². The molecule has 0 fully saturated rings. The Morgan fingerprint density at radius 1 is 1.00 bits per heavy atom. The third-order valence-electron chi connectivity index (χ3n) is 4.13. The quantitative estimate of drug-likeness (QED) is 0.450. The Morgan fingerprint density at radius 2 is 1.71 bits per heavy atom. The first-order chi connectivity index (χ1) is 13.5. The number of methoxy groups -OCH3 is 2. The Balaban J connectivity index is 1.92. The van der Waals surface area contributed by atoms with Crippen molar-refractivity contribution in [2.24, 2.45) is 0 Å². The molecule has 28 heavy (non-hydrogen) atoms. The molecule has 0 saturated heterocycles. The van der Waals surface area contributed by atoms with Gasteiger partial charge in [0.1, 0.15) is 0 Å². The van der Waals surface area contributed by atoms with Gasteiger partial charge in [0.25, 0.3) is 0 Å². The molecule has 1 heterocycles. The predicted molar refractivity (Wildman–Crippen MR) is 110 cm³/mol. The Hall–Kier alpha value is -3.38. The maximum atomic E-state index is 12.4. The molecule has 1 N–H and O–H groups in total. The van der Waals surface area contributed by atoms with E-state index in [1.807, 2.05) is 23.6 Å². The molecule has 3 aromatic rings. The zero-order valence-corrected chi connectivity index (χ0v) is 16.2. The van der Waals surface area contributed by atoms with Crippen LogP contribution in [0.25, 0.3) is 16.5 Å². The van der Waals surface area contributed by atoms with Crippen LogP contribution in [0.1, 0.15) is 26.3 Å². The summed E-state index contributed by atoms with van der Waals surface area (Å²) in [5.74, 6) is -0.0330. The monoisotopic (exact) mass is 394 g/mol. The standard InChI is InChI=1S/C22H18O5S/c1-26-19-13-14(12-17(21(19)27-2)20-4-3-11-28-20)5-10-18(23)15-6-8-16(9-7-15)22(24)25/h3-13H,1-2H3,(H,24,25)/b10-5+. The highest BCUT2D eigenvalue weighted by atomic mass is 32.1. The number of ether oxygens (including phenoxy) is 2. The first-order valence-electron chi connectivity index (χ1n) is 8.39. The molecular formula is C22H18O5S. The van der Waals surface area contributed by atoms with Gasteiger partial charge in [-0.05, 0) is 47.4 Å². The number of carbonyl (C=O) groups is 2. The molecule has 6 heteroatoms. The van der Waals surface area contributed by atoms with Crippen LogP contribution in [0.3, 0.4) is 0 Å². The van der Waals surface area contributed by atoms with Gasteiger partial charge in [-0.15, -0.1) is 11.3 Å². The summed E-state index contributed by atoms with van der Waals surface area (Å²) in [5, 5.41) is 10.9. The smallest absolute Gasteiger partial charge is 0.335 e. The third-order valence-corrected chi connectivity index (χ3v) is 5.03. The highest BCUT2D eigenvalue weighted by Crippen LogP contribution is 2.41. The first-order valence-corrected chi connectivity index (χ1v) is 9.27. The number of carboxylic acids is 1. The summed E-state index contributed by atoms with van der Waals surface area (Å²) in [4.78, 5) is 24.3. The Bertz CT molecular complexity index is 1020. The fraction of sp³-hybridized carbons (Fsp3) is 0.0909. The van der Waals surface area contributed by atoms with Crippen molar-refractivity contribution in [1.82, 2.24) is 0 Å². The van der Waals surface area contributed by atoms with Crippen LogP contribution in [0.2, 0.25) is 0 Å². The summed E-state index contributed by atoms with van der Waals surface area (Å²) in [6.45, 7) is 0. The van der Waals surface area contributed by atoms with Crippen LogP contribution in [0.15, 0.2) is 60.0 Å². The predicted octanol–water partition coefficient (Wildman–Crippen LogP) is 5.03. The number of benzene rings is 2. The van der Waals surface area contributed by atoms with Crippen LogP contribution < -0.4 is 9.47 Å². The van der Waals surface area contributed by atoms with Gasteiger partial charge < -0.3 is 14.6 Å². The molecular weight excluding hydrogens is 376 g/mol. The van der Waals surface area contributed by atoms with Crippen molar-refractivity contribution in [2.45, 2.75) is 0 Å². The lowest BCUT2D eigenvalue weighted by atomic mass is 10.0. The maximum absolute atomic E-state index is 12.4. The molecule has 0 unspecified atom stereocenters. The number of aromatic carboxylic acids is 1. The highest BCUT2D eigenvalue weighted by molar-refractivity contribution is 7.13. The fourth-order valence-electron chi connectivity index (χ4n) is 2.74. The second-order valence-electron chi connectivity index (χ2n) is 5.86. The third kappa shape index (κ3) is 4.13. The zero-order valence-electron chi connectivity index (χ0n) is 15.3. The molecule has 0 radical (unpaired) electrons. The Morgan fingerprint density at radius 3 is 2.29 bits per heavy atom. The Kier molecular flexibility index (Phi) is 5.91. The summed E-state index contributed by atoms with van der Waals surface area (Å²) < 4.78 is 11.0. The van der Waals surface area contributed by atoms with Crippen molar-refractivity contribution < 1.29 is 24.2 Å². The topological polar surface area (TPSA) is 72.8 Å². The molecule has 0 aliphatic rings. The number of ketones is 1. The van der Waals surface area contributed by atoms with Crippen molar-refractivity contribution in [3.8, 4) is 21.9 Å². The normalized spacial score (nSPS) is 10.8. The molecule has 0 bridgehead atoms. The van der Waals surface area contributed by atoms with Gasteiger partial charge in [-0.3, -0.25) is 4.79 Å². The van der Waals surface area contributed by atoms with Crippen LogP contribution >= 0.6 is 11.3 Å². The van der Waals surface area contributed by atoms with E-state index in [1.54, 1.807) is 37.7 Å². The molecule has 0 spiro atoms. The van der Waals surface area contributed by atoms with Gasteiger partial charge in [-0.25, -0.2) is 4.79 Å². The molecule has 0 saturated carbocycles. The lowest BCUT2D eigenvalue weighted by Gasteiger charge is -2.13. The number of carbonyl (C=O) groups excluding carboxylic acids is 1.